The number of rotatable bonds is 6. The lowest BCUT2D eigenvalue weighted by molar-refractivity contribution is -0.149. The van der Waals surface area contributed by atoms with E-state index in [2.05, 4.69) is 29.2 Å². The lowest BCUT2D eigenvalue weighted by Gasteiger charge is -2.28. The second-order valence-electron chi connectivity index (χ2n) is 6.49. The zero-order chi connectivity index (χ0) is 16.3. The number of benzene rings is 1. The van der Waals surface area contributed by atoms with Crippen LogP contribution in [0.25, 0.3) is 0 Å². The van der Waals surface area contributed by atoms with Gasteiger partial charge in [-0.15, -0.1) is 0 Å². The maximum atomic E-state index is 12.7. The Labute approximate surface area is 137 Å². The molecule has 1 heterocycles. The molecule has 1 aromatic heterocycles. The predicted octanol–water partition coefficient (Wildman–Crippen LogP) is 4.02. The van der Waals surface area contributed by atoms with E-state index in [0.717, 1.165) is 17.0 Å². The highest BCUT2D eigenvalue weighted by Gasteiger charge is 2.37. The Bertz CT molecular complexity index is 662. The van der Waals surface area contributed by atoms with Crippen molar-refractivity contribution in [2.45, 2.75) is 44.4 Å². The Morgan fingerprint density at radius 1 is 1.26 bits per heavy atom. The monoisotopic (exact) mass is 309 g/mol. The summed E-state index contributed by atoms with van der Waals surface area (Å²) in [6.07, 6.45) is 6.71. The largest absolute Gasteiger partial charge is 0.465 e. The smallest absolute Gasteiger partial charge is 0.316 e. The molecule has 1 aliphatic carbocycles. The van der Waals surface area contributed by atoms with E-state index < -0.39 is 5.41 Å². The lowest BCUT2D eigenvalue weighted by Crippen LogP contribution is -2.36. The highest BCUT2D eigenvalue weighted by Crippen LogP contribution is 2.41. The van der Waals surface area contributed by atoms with Crippen LogP contribution in [0.4, 0.5) is 0 Å². The number of hydrogen-bond donors (Lipinski definition) is 0. The molecule has 1 unspecified atom stereocenters. The second kappa shape index (κ2) is 6.53. The number of carbonyl (C=O) groups is 1. The molecule has 1 fully saturated rings. The van der Waals surface area contributed by atoms with Gasteiger partial charge in [0, 0.05) is 12.4 Å². The molecule has 0 bridgehead atoms. The highest BCUT2D eigenvalue weighted by molar-refractivity contribution is 5.83. The SMILES string of the molecule is CCOC(=O)C(C)(Cc1cccnc1)c1ccc(C2CC2)cc1. The molecular formula is C20H23NO2. The van der Waals surface area contributed by atoms with Crippen molar-refractivity contribution in [2.24, 2.45) is 0 Å². The van der Waals surface area contributed by atoms with Gasteiger partial charge in [-0.1, -0.05) is 30.3 Å². The number of ether oxygens (including phenoxy) is 1. The van der Waals surface area contributed by atoms with Gasteiger partial charge in [0.25, 0.3) is 0 Å². The quantitative estimate of drug-likeness (QED) is 0.756. The van der Waals surface area contributed by atoms with Crippen molar-refractivity contribution in [3.8, 4) is 0 Å². The zero-order valence-electron chi connectivity index (χ0n) is 13.8. The van der Waals surface area contributed by atoms with E-state index in [9.17, 15) is 4.79 Å². The van der Waals surface area contributed by atoms with Crippen molar-refractivity contribution in [3.05, 3.63) is 65.5 Å². The van der Waals surface area contributed by atoms with Crippen LogP contribution in [-0.4, -0.2) is 17.6 Å². The van der Waals surface area contributed by atoms with Crippen LogP contribution in [0.5, 0.6) is 0 Å². The summed E-state index contributed by atoms with van der Waals surface area (Å²) in [7, 11) is 0. The molecule has 0 saturated heterocycles. The summed E-state index contributed by atoms with van der Waals surface area (Å²) in [6.45, 7) is 4.20. The van der Waals surface area contributed by atoms with Crippen LogP contribution in [-0.2, 0) is 21.4 Å². The first kappa shape index (κ1) is 15.7. The zero-order valence-corrected chi connectivity index (χ0v) is 13.8. The van der Waals surface area contributed by atoms with Crippen molar-refractivity contribution in [3.63, 3.8) is 0 Å². The van der Waals surface area contributed by atoms with Gasteiger partial charge in [-0.25, -0.2) is 0 Å². The van der Waals surface area contributed by atoms with Crippen LogP contribution in [0.1, 0.15) is 49.3 Å². The molecule has 2 aromatic rings. The van der Waals surface area contributed by atoms with Gasteiger partial charge >= 0.3 is 5.97 Å². The van der Waals surface area contributed by atoms with E-state index in [4.69, 9.17) is 4.74 Å². The molecule has 1 aromatic carbocycles. The van der Waals surface area contributed by atoms with Gasteiger partial charge in [0.15, 0.2) is 0 Å². The first-order valence-electron chi connectivity index (χ1n) is 8.30. The first-order valence-corrected chi connectivity index (χ1v) is 8.30. The van der Waals surface area contributed by atoms with Crippen LogP contribution in [0, 0.1) is 0 Å². The summed E-state index contributed by atoms with van der Waals surface area (Å²) in [5.41, 5.74) is 2.72. The minimum absolute atomic E-state index is 0.178. The summed E-state index contributed by atoms with van der Waals surface area (Å²) in [5, 5.41) is 0. The fourth-order valence-electron chi connectivity index (χ4n) is 3.03. The van der Waals surface area contributed by atoms with Crippen molar-refractivity contribution < 1.29 is 9.53 Å². The Morgan fingerprint density at radius 3 is 2.57 bits per heavy atom. The van der Waals surface area contributed by atoms with Gasteiger partial charge in [0.05, 0.1) is 12.0 Å². The van der Waals surface area contributed by atoms with Crippen LogP contribution >= 0.6 is 0 Å². The molecule has 0 amide bonds. The molecule has 1 aliphatic rings. The Morgan fingerprint density at radius 2 is 2.00 bits per heavy atom. The maximum absolute atomic E-state index is 12.7. The molecule has 1 atom stereocenters. The predicted molar refractivity (Wildman–Crippen MR) is 90.3 cm³/mol. The van der Waals surface area contributed by atoms with Gasteiger partial charge in [-0.3, -0.25) is 9.78 Å². The van der Waals surface area contributed by atoms with Crippen LogP contribution < -0.4 is 0 Å². The first-order chi connectivity index (χ1) is 11.1. The molecule has 0 spiro atoms. The van der Waals surface area contributed by atoms with E-state index in [-0.39, 0.29) is 5.97 Å². The fourth-order valence-corrected chi connectivity index (χ4v) is 3.03. The molecule has 3 rings (SSSR count). The molecule has 120 valence electrons. The summed E-state index contributed by atoms with van der Waals surface area (Å²) in [5.74, 6) is 0.541. The van der Waals surface area contributed by atoms with Crippen molar-refractivity contribution in [1.29, 1.82) is 0 Å². The van der Waals surface area contributed by atoms with E-state index in [1.54, 1.807) is 6.20 Å². The molecule has 0 radical (unpaired) electrons. The third kappa shape index (κ3) is 3.44. The van der Waals surface area contributed by atoms with Crippen LogP contribution in [0.2, 0.25) is 0 Å². The number of hydrogen-bond acceptors (Lipinski definition) is 3. The number of nitrogens with zero attached hydrogens (tertiary/aromatic N) is 1. The summed E-state index contributed by atoms with van der Waals surface area (Å²) >= 11 is 0. The third-order valence-electron chi connectivity index (χ3n) is 4.60. The summed E-state index contributed by atoms with van der Waals surface area (Å²) < 4.78 is 5.36. The summed E-state index contributed by atoms with van der Waals surface area (Å²) in [6, 6.07) is 12.4. The van der Waals surface area contributed by atoms with Crippen molar-refractivity contribution in [2.75, 3.05) is 6.61 Å². The van der Waals surface area contributed by atoms with Gasteiger partial charge in [-0.05, 0) is 61.8 Å². The van der Waals surface area contributed by atoms with Gasteiger partial charge < -0.3 is 4.74 Å². The molecule has 0 N–H and O–H groups in total. The number of aromatic nitrogens is 1. The van der Waals surface area contributed by atoms with E-state index >= 15 is 0 Å². The Kier molecular flexibility index (Phi) is 4.46. The average Bonchev–Trinajstić information content (AvgIpc) is 3.41. The molecule has 3 nitrogen and oxygen atoms in total. The molecule has 3 heteroatoms. The average molecular weight is 309 g/mol. The standard InChI is InChI=1S/C20H23NO2/c1-3-23-19(22)20(2,13-15-5-4-12-21-14-15)18-10-8-17(9-11-18)16-6-7-16/h4-5,8-12,14,16H,3,6-7,13H2,1-2H3. The third-order valence-corrected chi connectivity index (χ3v) is 4.60. The second-order valence-corrected chi connectivity index (χ2v) is 6.49. The van der Waals surface area contributed by atoms with Gasteiger partial charge in [0.1, 0.15) is 0 Å². The fraction of sp³-hybridized carbons (Fsp3) is 0.400. The molecular weight excluding hydrogens is 286 g/mol. The van der Waals surface area contributed by atoms with Gasteiger partial charge in [-0.2, -0.15) is 0 Å². The Balaban J connectivity index is 1.91. The van der Waals surface area contributed by atoms with Crippen molar-refractivity contribution in [1.82, 2.24) is 4.98 Å². The topological polar surface area (TPSA) is 39.2 Å². The number of esters is 1. The molecule has 1 saturated carbocycles. The van der Waals surface area contributed by atoms with Crippen LogP contribution in [0.15, 0.2) is 48.8 Å². The van der Waals surface area contributed by atoms with E-state index in [1.165, 1.54) is 18.4 Å². The van der Waals surface area contributed by atoms with Crippen molar-refractivity contribution >= 4 is 5.97 Å². The normalized spacial score (nSPS) is 16.6. The number of pyridine rings is 1. The van der Waals surface area contributed by atoms with E-state index in [1.807, 2.05) is 32.2 Å². The number of carbonyl (C=O) groups excluding carboxylic acids is 1. The maximum Gasteiger partial charge on any atom is 0.316 e. The highest BCUT2D eigenvalue weighted by atomic mass is 16.5. The van der Waals surface area contributed by atoms with Crippen LogP contribution in [0.3, 0.4) is 0 Å². The molecule has 23 heavy (non-hydrogen) atoms. The minimum atomic E-state index is -0.693. The van der Waals surface area contributed by atoms with Gasteiger partial charge in [0.2, 0.25) is 0 Å². The Hall–Kier alpha value is -2.16. The summed E-state index contributed by atoms with van der Waals surface area (Å²) in [4.78, 5) is 16.8. The lowest BCUT2D eigenvalue weighted by atomic mass is 9.77. The van der Waals surface area contributed by atoms with E-state index in [0.29, 0.717) is 13.0 Å². The molecule has 0 aliphatic heterocycles. The minimum Gasteiger partial charge on any atom is -0.465 e.